The number of aromatic nitrogens is 3. The summed E-state index contributed by atoms with van der Waals surface area (Å²) in [5, 5.41) is 14.1. The number of nitrogens with one attached hydrogen (secondary N) is 1. The van der Waals surface area contributed by atoms with Crippen LogP contribution in [-0.4, -0.2) is 46.7 Å². The van der Waals surface area contributed by atoms with Gasteiger partial charge in [0.05, 0.1) is 54.0 Å². The average molecular weight is 1930 g/mol. The van der Waals surface area contributed by atoms with Gasteiger partial charge in [-0.2, -0.15) is 0 Å². The van der Waals surface area contributed by atoms with Crippen molar-refractivity contribution in [2.45, 2.75) is 98.8 Å². The predicted octanol–water partition coefficient (Wildman–Crippen LogP) is 35.1. The van der Waals surface area contributed by atoms with Gasteiger partial charge in [-0.3, -0.25) is 19.0 Å². The summed E-state index contributed by atoms with van der Waals surface area (Å²) in [4.78, 5) is 50.3. The van der Waals surface area contributed by atoms with Crippen molar-refractivity contribution in [2.75, 3.05) is 39.1 Å². The number of aryl methyl sites for hydroxylation is 3. The molecule has 19 aromatic carbocycles. The van der Waals surface area contributed by atoms with Gasteiger partial charge < -0.3 is 29.5 Å². The molecule has 724 valence electrons. The van der Waals surface area contributed by atoms with E-state index in [1.165, 1.54) is 122 Å². The minimum absolute atomic E-state index is 0.0156. The van der Waals surface area contributed by atoms with Crippen LogP contribution in [0.5, 0.6) is 11.5 Å². The molecule has 0 saturated heterocycles. The Labute approximate surface area is 866 Å². The third-order valence-corrected chi connectivity index (χ3v) is 29.8. The molecule has 20 aromatic rings. The molecule has 4 aliphatic rings. The van der Waals surface area contributed by atoms with Crippen molar-refractivity contribution in [3.8, 4) is 118 Å². The second-order valence-corrected chi connectivity index (χ2v) is 39.6. The van der Waals surface area contributed by atoms with Crippen molar-refractivity contribution in [2.24, 2.45) is 5.41 Å². The number of carbonyl (C=O) groups excluding carboxylic acids is 3. The van der Waals surface area contributed by atoms with E-state index in [0.29, 0.717) is 40.3 Å². The number of carbonyl (C=O) groups is 3. The molecule has 0 saturated carbocycles. The van der Waals surface area contributed by atoms with Gasteiger partial charge in [0.2, 0.25) is 5.91 Å². The lowest BCUT2D eigenvalue weighted by molar-refractivity contribution is -0.124. The number of amides is 3. The zero-order valence-electron chi connectivity index (χ0n) is 84.8. The number of hydrogen-bond acceptors (Lipinski definition) is 10. The molecular formula is C135H114N8O5. The number of imide groups is 1. The summed E-state index contributed by atoms with van der Waals surface area (Å²) < 4.78 is 13.1. The van der Waals surface area contributed by atoms with Crippen LogP contribution >= 0.6 is 0 Å². The van der Waals surface area contributed by atoms with Gasteiger partial charge in [-0.15, -0.1) is 10.2 Å². The maximum absolute atomic E-state index is 14.2. The summed E-state index contributed by atoms with van der Waals surface area (Å²) in [5.41, 5.74) is 39.5. The highest BCUT2D eigenvalue weighted by molar-refractivity contribution is 6.36. The van der Waals surface area contributed by atoms with Crippen LogP contribution in [0.1, 0.15) is 132 Å². The van der Waals surface area contributed by atoms with Gasteiger partial charge in [-0.1, -0.05) is 312 Å². The number of methoxy groups -OCH3 is 2. The quantitative estimate of drug-likeness (QED) is 0.0695. The third kappa shape index (κ3) is 18.1. The highest BCUT2D eigenvalue weighted by Crippen LogP contribution is 2.57. The summed E-state index contributed by atoms with van der Waals surface area (Å²) in [6, 6.07) is 153. The van der Waals surface area contributed by atoms with Gasteiger partial charge in [-0.05, 0) is 301 Å². The number of fused-ring (bicyclic) bond motifs is 15. The standard InChI is InChI=1S/C58H49N5O.C50H42N2O4.C27H23N/c1-4-40(45-34-37-54-52(38-45)50-25-15-14-24-49(50)51-26-16-17-27-53(51)62(54)47-20-10-6-11-21-47)39-58(2,3)57(64)59-46-35-32-44(33-36-46)56-61-60-55(63(56)48-22-12-7-13-23-48)43-30-28-42(29-31-43)41-18-8-5-9-19-41;1-5-32(29-31(2)33-17-20-36(21-18-33)52-49(53)42-15-10-14-41-47(56-4)28-26-43(48(41)42)50(52)54)34-19-27-46-44(30-34)39-12-7-6-11-38(39)40-13-8-9-16-45(40)51(46)35-22-24-37(55-3)25-23-35;1-18-8-12-21(13-9-18)28-26-14-10-19(2)16-24(26)22-6-4-5-7-23(22)25-17-20(3)11-15-27(25)28/h5-38,40H,4,39H2,1-3H3,(H,59,64);6-28,30-32H,5,29H2,1-4H3;4-17H,1-3H3. The first-order chi connectivity index (χ1) is 72.4. The van der Waals surface area contributed by atoms with Gasteiger partial charge in [0.25, 0.3) is 11.8 Å². The lowest BCUT2D eigenvalue weighted by Crippen LogP contribution is -2.40. The molecule has 1 aromatic heterocycles. The first kappa shape index (κ1) is 95.1. The van der Waals surface area contributed by atoms with Crippen LogP contribution in [0.15, 0.2) is 437 Å². The van der Waals surface area contributed by atoms with E-state index < -0.39 is 5.41 Å². The molecule has 0 aliphatic carbocycles. The van der Waals surface area contributed by atoms with Crippen LogP contribution in [0.3, 0.4) is 0 Å². The fraction of sp³-hybridized carbons (Fsp3) is 0.133. The van der Waals surface area contributed by atoms with Crippen LogP contribution in [0.25, 0.3) is 117 Å². The number of anilines is 11. The Morgan fingerprint density at radius 1 is 0.318 bits per heavy atom. The van der Waals surface area contributed by atoms with Crippen LogP contribution in [0, 0.1) is 26.2 Å². The molecule has 4 aliphatic heterocycles. The molecule has 24 rings (SSSR count). The Hall–Kier alpha value is -17.8. The summed E-state index contributed by atoms with van der Waals surface area (Å²) in [6.07, 6.45) is 3.51. The fourth-order valence-corrected chi connectivity index (χ4v) is 22.1. The maximum atomic E-state index is 14.2. The van der Waals surface area contributed by atoms with Gasteiger partial charge >= 0.3 is 0 Å². The van der Waals surface area contributed by atoms with Crippen molar-refractivity contribution >= 4 is 91.1 Å². The zero-order valence-corrected chi connectivity index (χ0v) is 84.8. The third-order valence-electron chi connectivity index (χ3n) is 29.8. The molecule has 13 nitrogen and oxygen atoms in total. The minimum atomic E-state index is -0.658. The molecule has 148 heavy (non-hydrogen) atoms. The summed E-state index contributed by atoms with van der Waals surface area (Å²) >= 11 is 0. The van der Waals surface area contributed by atoms with E-state index in [4.69, 9.17) is 19.7 Å². The van der Waals surface area contributed by atoms with Crippen LogP contribution in [0.4, 0.5) is 62.6 Å². The molecule has 3 atom stereocenters. The summed E-state index contributed by atoms with van der Waals surface area (Å²) in [6.45, 7) is 17.3. The number of rotatable bonds is 21. The van der Waals surface area contributed by atoms with E-state index >= 15 is 0 Å². The Bertz CT molecular complexity index is 8300. The van der Waals surface area contributed by atoms with E-state index in [9.17, 15) is 14.4 Å². The number of hydrogen-bond donors (Lipinski definition) is 1. The Morgan fingerprint density at radius 3 is 1.17 bits per heavy atom. The van der Waals surface area contributed by atoms with Crippen LogP contribution in [0.2, 0.25) is 0 Å². The van der Waals surface area contributed by atoms with Gasteiger partial charge in [0, 0.05) is 100 Å². The largest absolute Gasteiger partial charge is 0.497 e. The second kappa shape index (κ2) is 40.8. The molecular weight excluding hydrogens is 1810 g/mol. The van der Waals surface area contributed by atoms with E-state index in [0.717, 1.165) is 110 Å². The van der Waals surface area contributed by atoms with Crippen LogP contribution in [-0.2, 0) is 4.79 Å². The number of benzene rings is 19. The number of para-hydroxylation sites is 4. The fourth-order valence-electron chi connectivity index (χ4n) is 22.1. The smallest absolute Gasteiger partial charge is 0.265 e. The van der Waals surface area contributed by atoms with Gasteiger partial charge in [-0.25, -0.2) is 4.90 Å². The first-order valence-corrected chi connectivity index (χ1v) is 51.2. The minimum Gasteiger partial charge on any atom is -0.497 e. The monoisotopic (exact) mass is 1930 g/mol. The second-order valence-electron chi connectivity index (χ2n) is 39.6. The van der Waals surface area contributed by atoms with E-state index in [1.807, 2.05) is 84.9 Å². The van der Waals surface area contributed by atoms with Gasteiger partial charge in [0.15, 0.2) is 11.6 Å². The molecule has 0 spiro atoms. The molecule has 0 fully saturated rings. The molecule has 0 bridgehead atoms. The molecule has 3 amide bonds. The average Bonchev–Trinajstić information content (AvgIpc) is 0.871. The predicted molar refractivity (Wildman–Crippen MR) is 609 cm³/mol. The molecule has 0 radical (unpaired) electrons. The summed E-state index contributed by atoms with van der Waals surface area (Å²) in [7, 11) is 3.29. The van der Waals surface area contributed by atoms with Crippen LogP contribution < -0.4 is 34.4 Å². The maximum Gasteiger partial charge on any atom is 0.265 e. The lowest BCUT2D eigenvalue weighted by atomic mass is 9.77. The molecule has 3 unspecified atom stereocenters. The lowest BCUT2D eigenvalue weighted by Gasteiger charge is -2.30. The van der Waals surface area contributed by atoms with E-state index in [1.54, 1.807) is 32.4 Å². The molecule has 13 heteroatoms. The van der Waals surface area contributed by atoms with Crippen molar-refractivity contribution in [1.82, 2.24) is 14.8 Å². The molecule has 1 N–H and O–H groups in total. The highest BCUT2D eigenvalue weighted by atomic mass is 16.5. The highest BCUT2D eigenvalue weighted by Gasteiger charge is 2.38. The number of nitrogens with zero attached hydrogens (tertiary/aromatic N) is 7. The number of ether oxygens (including phenoxy) is 2. The Balaban J connectivity index is 0.000000135. The summed E-state index contributed by atoms with van der Waals surface area (Å²) in [5.74, 6) is 2.96. The van der Waals surface area contributed by atoms with Crippen molar-refractivity contribution in [3.05, 3.63) is 481 Å². The van der Waals surface area contributed by atoms with Crippen molar-refractivity contribution in [1.29, 1.82) is 0 Å². The normalized spacial score (nSPS) is 13.0. The Kier molecular flexibility index (Phi) is 26.2. The van der Waals surface area contributed by atoms with Crippen molar-refractivity contribution < 1.29 is 23.9 Å². The van der Waals surface area contributed by atoms with Crippen molar-refractivity contribution in [3.63, 3.8) is 0 Å². The van der Waals surface area contributed by atoms with Gasteiger partial charge in [0.1, 0.15) is 11.5 Å². The molecule has 5 heterocycles. The topological polar surface area (TPSA) is 125 Å². The first-order valence-electron chi connectivity index (χ1n) is 51.2. The van der Waals surface area contributed by atoms with E-state index in [2.05, 4.69) is 414 Å². The Morgan fingerprint density at radius 2 is 0.682 bits per heavy atom. The zero-order chi connectivity index (χ0) is 101. The SMILES string of the molecule is CCC(CC(C)(C)C(=O)Nc1ccc(-c2nnc(-c3ccc(-c4ccccc4)cc3)n2-c2ccccc2)cc1)c1ccc2c(c1)-c1ccccc1-c1ccccc1N2c1ccccc1.CCC(CC(C)c1ccc(N2C(=O)c3cccc4c(OC)ccc(c34)C2=O)cc1)c1ccc2c(c1)-c1ccccc1-c1ccccc1N2c1ccc(OC)cc1.Cc1ccc(N2c3ccc(C)cc3-c3ccccc3-c3cc(C)ccc32)cc1. The van der Waals surface area contributed by atoms with E-state index in [-0.39, 0.29) is 29.6 Å².